The van der Waals surface area contributed by atoms with Gasteiger partial charge in [0.15, 0.2) is 23.2 Å². The van der Waals surface area contributed by atoms with Crippen molar-refractivity contribution < 1.29 is 38.1 Å². The highest BCUT2D eigenvalue weighted by atomic mass is 35.5. The number of nitrogens with one attached hydrogen (secondary N) is 1. The van der Waals surface area contributed by atoms with Gasteiger partial charge in [0, 0.05) is 5.39 Å². The second-order valence-corrected chi connectivity index (χ2v) is 12.6. The zero-order valence-corrected chi connectivity index (χ0v) is 26.0. The van der Waals surface area contributed by atoms with Crippen LogP contribution >= 0.6 is 19.3 Å². The summed E-state index contributed by atoms with van der Waals surface area (Å²) in [4.78, 5) is 25.1. The van der Waals surface area contributed by atoms with E-state index < -0.39 is 50.9 Å². The van der Waals surface area contributed by atoms with Gasteiger partial charge < -0.3 is 29.9 Å². The molecule has 2 unspecified atom stereocenters. The molecule has 1 saturated heterocycles. The Bertz CT molecular complexity index is 1910. The molecule has 1 aliphatic heterocycles. The van der Waals surface area contributed by atoms with E-state index in [1.165, 1.54) is 17.8 Å². The highest BCUT2D eigenvalue weighted by Gasteiger charge is 2.47. The van der Waals surface area contributed by atoms with Crippen molar-refractivity contribution in [3.63, 3.8) is 0 Å². The van der Waals surface area contributed by atoms with Gasteiger partial charge >= 0.3 is 13.7 Å². The number of ether oxygens (including phenoxy) is 2. The van der Waals surface area contributed by atoms with E-state index in [-0.39, 0.29) is 34.6 Å². The predicted octanol–water partition coefficient (Wildman–Crippen LogP) is 3.76. The van der Waals surface area contributed by atoms with Crippen LogP contribution in [-0.4, -0.2) is 66.7 Å². The first-order chi connectivity index (χ1) is 22.1. The van der Waals surface area contributed by atoms with Gasteiger partial charge in [-0.25, -0.2) is 19.5 Å². The number of nitrogens with zero attached hydrogens (tertiary/aromatic N) is 4. The minimum absolute atomic E-state index is 0.00444. The summed E-state index contributed by atoms with van der Waals surface area (Å²) < 4.78 is 38.6. The van der Waals surface area contributed by atoms with Gasteiger partial charge in [0.25, 0.3) is 0 Å². The maximum Gasteiger partial charge on any atom is 0.459 e. The molecular weight excluding hydrogens is 639 g/mol. The summed E-state index contributed by atoms with van der Waals surface area (Å²) in [6.07, 6.45) is -4.31. The van der Waals surface area contributed by atoms with Crippen LogP contribution in [0.2, 0.25) is 5.28 Å². The van der Waals surface area contributed by atoms with Gasteiger partial charge in [-0.05, 0) is 35.5 Å². The molecule has 3 heterocycles. The van der Waals surface area contributed by atoms with Crippen LogP contribution in [0.25, 0.3) is 21.9 Å². The van der Waals surface area contributed by atoms with Crippen LogP contribution in [-0.2, 0) is 30.0 Å². The molecule has 1 fully saturated rings. The van der Waals surface area contributed by atoms with Crippen LogP contribution < -0.4 is 15.3 Å². The maximum atomic E-state index is 14.3. The van der Waals surface area contributed by atoms with Crippen LogP contribution in [0.3, 0.4) is 0 Å². The van der Waals surface area contributed by atoms with E-state index in [4.69, 9.17) is 35.9 Å². The molecule has 5 N–H and O–H groups in total. The van der Waals surface area contributed by atoms with Crippen molar-refractivity contribution in [1.29, 1.82) is 0 Å². The molecule has 0 bridgehead atoms. The van der Waals surface area contributed by atoms with E-state index in [9.17, 15) is 19.6 Å². The van der Waals surface area contributed by atoms with Crippen LogP contribution in [0.1, 0.15) is 18.7 Å². The van der Waals surface area contributed by atoms with Gasteiger partial charge in [0.05, 0.1) is 6.61 Å². The number of imidazole rings is 1. The average molecular weight is 669 g/mol. The van der Waals surface area contributed by atoms with Gasteiger partial charge in [0.1, 0.15) is 43.0 Å². The van der Waals surface area contributed by atoms with Crippen LogP contribution in [0.5, 0.6) is 5.75 Å². The molecule has 0 amide bonds. The lowest BCUT2D eigenvalue weighted by Gasteiger charge is -2.25. The highest BCUT2D eigenvalue weighted by Crippen LogP contribution is 2.48. The van der Waals surface area contributed by atoms with Crippen molar-refractivity contribution in [2.75, 3.05) is 12.3 Å². The van der Waals surface area contributed by atoms with E-state index in [0.717, 1.165) is 10.9 Å². The third-order valence-corrected chi connectivity index (χ3v) is 9.26. The highest BCUT2D eigenvalue weighted by molar-refractivity contribution is 7.52. The molecule has 0 saturated carbocycles. The zero-order chi connectivity index (χ0) is 32.4. The number of carbonyl (C=O) groups excluding carboxylic acids is 1. The average Bonchev–Trinajstić information content (AvgIpc) is 3.54. The third-order valence-electron chi connectivity index (χ3n) is 7.36. The molecule has 5 aromatic rings. The Balaban J connectivity index is 1.22. The van der Waals surface area contributed by atoms with Crippen molar-refractivity contribution in [2.24, 2.45) is 0 Å². The molecule has 240 valence electrons. The Morgan fingerprint density at radius 3 is 2.63 bits per heavy atom. The fourth-order valence-electron chi connectivity index (χ4n) is 5.02. The summed E-state index contributed by atoms with van der Waals surface area (Å²) >= 11 is 6.33. The van der Waals surface area contributed by atoms with Crippen molar-refractivity contribution in [2.45, 2.75) is 44.1 Å². The topological polar surface area (TPSA) is 193 Å². The van der Waals surface area contributed by atoms with Crippen LogP contribution in [0.15, 0.2) is 79.1 Å². The quantitative estimate of drug-likeness (QED) is 0.0904. The number of anilines is 1. The Morgan fingerprint density at radius 1 is 1.09 bits per heavy atom. The van der Waals surface area contributed by atoms with E-state index in [0.29, 0.717) is 5.39 Å². The van der Waals surface area contributed by atoms with Crippen molar-refractivity contribution in [3.8, 4) is 5.75 Å². The zero-order valence-electron chi connectivity index (χ0n) is 24.3. The molecule has 6 rings (SSSR count). The normalized spacial score (nSPS) is 21.7. The molecule has 14 nitrogen and oxygen atoms in total. The summed E-state index contributed by atoms with van der Waals surface area (Å²) in [5.41, 5.74) is 7.01. The summed E-state index contributed by atoms with van der Waals surface area (Å²) in [7, 11) is -4.39. The van der Waals surface area contributed by atoms with Gasteiger partial charge in [-0.2, -0.15) is 5.09 Å². The van der Waals surface area contributed by atoms with E-state index >= 15 is 0 Å². The standard InChI is InChI=1S/C30H30ClN6O8P/c1-17(29(40)42-14-18-8-3-2-4-9-18)36-46(41,45-21-13-7-11-19-10-5-6-12-20(19)21)43-15-22-24(38)25(39)28(44-22)37-27-23(35-30(37)31)26(32)33-16-34-27/h2-13,16-17,22,24-25,28,38-39H,14-15H2,1H3,(H,36,41)(H2,32,33,34)/t17-,22+,24-,25?,28+,46?/m0/s1. The molecule has 3 aromatic carbocycles. The SMILES string of the molecule is C[C@H](NP(=O)(OC[C@H]1O[C@@H](n2c(Cl)nc3c(N)ncnc32)C(O)[C@H]1O)Oc1cccc2ccccc12)C(=O)OCc1ccccc1. The lowest BCUT2D eigenvalue weighted by atomic mass is 10.1. The summed E-state index contributed by atoms with van der Waals surface area (Å²) in [6, 6.07) is 20.4. The summed E-state index contributed by atoms with van der Waals surface area (Å²) in [6.45, 7) is 0.928. The number of fused-ring (bicyclic) bond motifs is 2. The number of aliphatic hydroxyl groups excluding tert-OH is 2. The Labute approximate surface area is 267 Å². The Hall–Kier alpha value is -4.14. The molecule has 46 heavy (non-hydrogen) atoms. The first-order valence-electron chi connectivity index (χ1n) is 14.2. The number of aromatic nitrogens is 4. The maximum absolute atomic E-state index is 14.3. The molecular formula is C30H30ClN6O8P. The van der Waals surface area contributed by atoms with Gasteiger partial charge in [-0.3, -0.25) is 13.9 Å². The minimum atomic E-state index is -4.39. The molecule has 16 heteroatoms. The monoisotopic (exact) mass is 668 g/mol. The fourth-order valence-corrected chi connectivity index (χ4v) is 6.80. The molecule has 0 aliphatic carbocycles. The number of benzene rings is 3. The molecule has 2 aromatic heterocycles. The number of rotatable bonds is 11. The van der Waals surface area contributed by atoms with Gasteiger partial charge in [0.2, 0.25) is 5.28 Å². The van der Waals surface area contributed by atoms with E-state index in [1.54, 1.807) is 36.4 Å². The Kier molecular flexibility index (Phi) is 9.20. The number of esters is 1. The summed E-state index contributed by atoms with van der Waals surface area (Å²) in [5, 5.41) is 25.8. The lowest BCUT2D eigenvalue weighted by molar-refractivity contribution is -0.146. The predicted molar refractivity (Wildman–Crippen MR) is 168 cm³/mol. The lowest BCUT2D eigenvalue weighted by Crippen LogP contribution is -2.37. The molecule has 0 spiro atoms. The number of hydrogen-bond donors (Lipinski definition) is 4. The Morgan fingerprint density at radius 2 is 1.83 bits per heavy atom. The smallest absolute Gasteiger partial charge is 0.459 e. The molecule has 1 aliphatic rings. The molecule has 0 radical (unpaired) electrons. The second-order valence-electron chi connectivity index (χ2n) is 10.5. The van der Waals surface area contributed by atoms with E-state index in [1.807, 2.05) is 36.4 Å². The van der Waals surface area contributed by atoms with Crippen molar-refractivity contribution in [1.82, 2.24) is 24.6 Å². The number of nitrogens with two attached hydrogens (primary N) is 1. The van der Waals surface area contributed by atoms with Gasteiger partial charge in [-0.1, -0.05) is 66.7 Å². The second kappa shape index (κ2) is 13.3. The number of aliphatic hydroxyl groups is 2. The number of halogens is 1. The third kappa shape index (κ3) is 6.55. The van der Waals surface area contributed by atoms with Gasteiger partial charge in [-0.15, -0.1) is 0 Å². The van der Waals surface area contributed by atoms with Crippen LogP contribution in [0.4, 0.5) is 5.82 Å². The van der Waals surface area contributed by atoms with Crippen molar-refractivity contribution >= 4 is 53.1 Å². The molecule has 6 atom stereocenters. The summed E-state index contributed by atoms with van der Waals surface area (Å²) in [5.74, 6) is -0.421. The number of hydrogen-bond acceptors (Lipinski definition) is 12. The first-order valence-corrected chi connectivity index (χ1v) is 16.1. The van der Waals surface area contributed by atoms with Crippen LogP contribution in [0, 0.1) is 0 Å². The largest absolute Gasteiger partial charge is 0.460 e. The van der Waals surface area contributed by atoms with E-state index in [2.05, 4.69) is 20.0 Å². The first kappa shape index (κ1) is 31.8. The van der Waals surface area contributed by atoms with Crippen molar-refractivity contribution in [3.05, 3.63) is 90.0 Å². The fraction of sp³-hybridized carbons (Fsp3) is 0.267. The minimum Gasteiger partial charge on any atom is -0.460 e. The number of carbonyl (C=O) groups is 1. The number of nitrogen functional groups attached to an aromatic ring is 1.